The zero-order valence-electron chi connectivity index (χ0n) is 9.68. The average Bonchev–Trinajstić information content (AvgIpc) is 3.09. The van der Waals surface area contributed by atoms with E-state index in [0.717, 1.165) is 18.4 Å². The zero-order chi connectivity index (χ0) is 12.7. The Morgan fingerprint density at radius 3 is 2.78 bits per heavy atom. The Morgan fingerprint density at radius 1 is 1.33 bits per heavy atom. The Labute approximate surface area is 104 Å². The SMILES string of the molecule is O=C(Nc1ccc2c(c1)C[C@H](C(=O)O)O2)C1CC1. The largest absolute Gasteiger partial charge is 0.478 e. The molecule has 1 amide bonds. The summed E-state index contributed by atoms with van der Waals surface area (Å²) in [7, 11) is 0. The molecule has 1 aromatic carbocycles. The van der Waals surface area contributed by atoms with E-state index in [0.29, 0.717) is 17.9 Å². The van der Waals surface area contributed by atoms with E-state index in [2.05, 4.69) is 5.32 Å². The van der Waals surface area contributed by atoms with E-state index in [1.165, 1.54) is 0 Å². The first-order valence-corrected chi connectivity index (χ1v) is 5.97. The fourth-order valence-corrected chi connectivity index (χ4v) is 2.05. The molecule has 0 aromatic heterocycles. The fraction of sp³-hybridized carbons (Fsp3) is 0.385. The molecule has 1 heterocycles. The van der Waals surface area contributed by atoms with Gasteiger partial charge in [-0.3, -0.25) is 4.79 Å². The predicted octanol–water partition coefficient (Wildman–Crippen LogP) is 1.42. The van der Waals surface area contributed by atoms with Crippen molar-refractivity contribution < 1.29 is 19.4 Å². The Morgan fingerprint density at radius 2 is 2.11 bits per heavy atom. The number of carbonyl (C=O) groups is 2. The van der Waals surface area contributed by atoms with Crippen molar-refractivity contribution in [3.05, 3.63) is 23.8 Å². The van der Waals surface area contributed by atoms with Crippen molar-refractivity contribution in [2.24, 2.45) is 5.92 Å². The third kappa shape index (κ3) is 2.03. The number of benzene rings is 1. The standard InChI is InChI=1S/C13H13NO4/c15-12(7-1-2-7)14-9-3-4-10-8(5-9)6-11(18-10)13(16)17/h3-5,7,11H,1-2,6H2,(H,14,15)(H,16,17)/t11-/m1/s1. The van der Waals surface area contributed by atoms with Gasteiger partial charge >= 0.3 is 5.97 Å². The highest BCUT2D eigenvalue weighted by atomic mass is 16.5. The highest BCUT2D eigenvalue weighted by Gasteiger charge is 2.31. The lowest BCUT2D eigenvalue weighted by molar-refractivity contribution is -0.144. The van der Waals surface area contributed by atoms with Gasteiger partial charge in [0.1, 0.15) is 5.75 Å². The first-order chi connectivity index (χ1) is 8.63. The number of aliphatic carboxylic acids is 1. The maximum atomic E-state index is 11.6. The summed E-state index contributed by atoms with van der Waals surface area (Å²) >= 11 is 0. The van der Waals surface area contributed by atoms with Gasteiger partial charge in [-0.25, -0.2) is 4.79 Å². The van der Waals surface area contributed by atoms with Crippen LogP contribution in [0.5, 0.6) is 5.75 Å². The Hall–Kier alpha value is -2.04. The van der Waals surface area contributed by atoms with Gasteiger partial charge in [-0.05, 0) is 31.0 Å². The van der Waals surface area contributed by atoms with Gasteiger partial charge in [0.2, 0.25) is 5.91 Å². The van der Waals surface area contributed by atoms with Crippen molar-refractivity contribution in [2.45, 2.75) is 25.4 Å². The van der Waals surface area contributed by atoms with Crippen LogP contribution in [0.15, 0.2) is 18.2 Å². The van der Waals surface area contributed by atoms with Crippen LogP contribution < -0.4 is 10.1 Å². The first kappa shape index (κ1) is 11.1. The van der Waals surface area contributed by atoms with E-state index in [9.17, 15) is 9.59 Å². The Balaban J connectivity index is 1.74. The van der Waals surface area contributed by atoms with Crippen LogP contribution in [0.2, 0.25) is 0 Å². The molecule has 1 fully saturated rings. The summed E-state index contributed by atoms with van der Waals surface area (Å²) < 4.78 is 5.28. The number of carboxylic acid groups (broad SMARTS) is 1. The number of carboxylic acids is 1. The molecule has 0 radical (unpaired) electrons. The van der Waals surface area contributed by atoms with Crippen molar-refractivity contribution in [2.75, 3.05) is 5.32 Å². The van der Waals surface area contributed by atoms with Crippen LogP contribution in [-0.2, 0) is 16.0 Å². The number of rotatable bonds is 3. The molecule has 1 saturated carbocycles. The summed E-state index contributed by atoms with van der Waals surface area (Å²) in [6.45, 7) is 0. The Bertz CT molecular complexity index is 522. The van der Waals surface area contributed by atoms with Crippen molar-refractivity contribution in [3.8, 4) is 5.75 Å². The van der Waals surface area contributed by atoms with Gasteiger partial charge in [0.15, 0.2) is 6.10 Å². The molecule has 0 spiro atoms. The second-order valence-corrected chi connectivity index (χ2v) is 4.73. The van der Waals surface area contributed by atoms with Gasteiger partial charge in [-0.1, -0.05) is 0 Å². The molecule has 0 saturated heterocycles. The molecule has 0 bridgehead atoms. The molecular weight excluding hydrogens is 234 g/mol. The molecule has 1 aliphatic heterocycles. The van der Waals surface area contributed by atoms with Gasteiger partial charge in [-0.2, -0.15) is 0 Å². The lowest BCUT2D eigenvalue weighted by atomic mass is 10.1. The van der Waals surface area contributed by atoms with Gasteiger partial charge in [0, 0.05) is 23.6 Å². The number of fused-ring (bicyclic) bond motifs is 1. The van der Waals surface area contributed by atoms with Crippen molar-refractivity contribution in [3.63, 3.8) is 0 Å². The predicted molar refractivity (Wildman–Crippen MR) is 63.6 cm³/mol. The van der Waals surface area contributed by atoms with E-state index in [4.69, 9.17) is 9.84 Å². The molecule has 1 aliphatic carbocycles. The molecular formula is C13H13NO4. The molecule has 1 aromatic rings. The smallest absolute Gasteiger partial charge is 0.345 e. The number of nitrogens with one attached hydrogen (secondary N) is 1. The number of hydrogen-bond acceptors (Lipinski definition) is 3. The quantitative estimate of drug-likeness (QED) is 0.847. The van der Waals surface area contributed by atoms with Crippen LogP contribution in [0.25, 0.3) is 0 Å². The molecule has 18 heavy (non-hydrogen) atoms. The minimum atomic E-state index is -0.963. The zero-order valence-corrected chi connectivity index (χ0v) is 9.68. The molecule has 94 valence electrons. The van der Waals surface area contributed by atoms with Gasteiger partial charge in [0.05, 0.1) is 0 Å². The van der Waals surface area contributed by atoms with Crippen LogP contribution >= 0.6 is 0 Å². The maximum absolute atomic E-state index is 11.6. The number of ether oxygens (including phenoxy) is 1. The van der Waals surface area contributed by atoms with E-state index in [-0.39, 0.29) is 11.8 Å². The second kappa shape index (κ2) is 4.01. The molecule has 2 aliphatic rings. The molecule has 0 unspecified atom stereocenters. The second-order valence-electron chi connectivity index (χ2n) is 4.73. The summed E-state index contributed by atoms with van der Waals surface area (Å²) in [4.78, 5) is 22.4. The molecule has 1 atom stereocenters. The third-order valence-electron chi connectivity index (χ3n) is 3.23. The topological polar surface area (TPSA) is 75.6 Å². The summed E-state index contributed by atoms with van der Waals surface area (Å²) in [6, 6.07) is 5.24. The number of anilines is 1. The molecule has 5 heteroatoms. The average molecular weight is 247 g/mol. The van der Waals surface area contributed by atoms with Gasteiger partial charge in [0.25, 0.3) is 0 Å². The van der Waals surface area contributed by atoms with E-state index >= 15 is 0 Å². The van der Waals surface area contributed by atoms with Crippen molar-refractivity contribution in [1.82, 2.24) is 0 Å². The number of carbonyl (C=O) groups excluding carboxylic acids is 1. The lowest BCUT2D eigenvalue weighted by Gasteiger charge is -2.06. The van der Waals surface area contributed by atoms with Crippen LogP contribution in [0, 0.1) is 5.92 Å². The van der Waals surface area contributed by atoms with E-state index in [1.807, 2.05) is 0 Å². The lowest BCUT2D eigenvalue weighted by Crippen LogP contribution is -2.24. The molecule has 2 N–H and O–H groups in total. The fourth-order valence-electron chi connectivity index (χ4n) is 2.05. The highest BCUT2D eigenvalue weighted by Crippen LogP contribution is 2.33. The van der Waals surface area contributed by atoms with Crippen LogP contribution in [0.4, 0.5) is 5.69 Å². The van der Waals surface area contributed by atoms with Crippen LogP contribution in [0.3, 0.4) is 0 Å². The normalized spacial score (nSPS) is 21.0. The van der Waals surface area contributed by atoms with E-state index in [1.54, 1.807) is 18.2 Å². The minimum absolute atomic E-state index is 0.0450. The van der Waals surface area contributed by atoms with Crippen molar-refractivity contribution >= 4 is 17.6 Å². The minimum Gasteiger partial charge on any atom is -0.478 e. The van der Waals surface area contributed by atoms with Gasteiger partial charge in [-0.15, -0.1) is 0 Å². The summed E-state index contributed by atoms with van der Waals surface area (Å²) in [5, 5.41) is 11.7. The molecule has 5 nitrogen and oxygen atoms in total. The van der Waals surface area contributed by atoms with Crippen molar-refractivity contribution in [1.29, 1.82) is 0 Å². The Kier molecular flexibility index (Phi) is 2.47. The van der Waals surface area contributed by atoms with E-state index < -0.39 is 12.1 Å². The number of amides is 1. The summed E-state index contributed by atoms with van der Waals surface area (Å²) in [6.07, 6.45) is 1.45. The monoisotopic (exact) mass is 247 g/mol. The number of hydrogen-bond donors (Lipinski definition) is 2. The van der Waals surface area contributed by atoms with Crippen LogP contribution in [-0.4, -0.2) is 23.1 Å². The first-order valence-electron chi connectivity index (χ1n) is 5.97. The summed E-state index contributed by atoms with van der Waals surface area (Å²) in [5.41, 5.74) is 1.54. The maximum Gasteiger partial charge on any atom is 0.345 e. The third-order valence-corrected chi connectivity index (χ3v) is 3.23. The van der Waals surface area contributed by atoms with Crippen LogP contribution in [0.1, 0.15) is 18.4 Å². The summed E-state index contributed by atoms with van der Waals surface area (Å²) in [5.74, 6) is -0.175. The highest BCUT2D eigenvalue weighted by molar-refractivity contribution is 5.94. The van der Waals surface area contributed by atoms with Gasteiger partial charge < -0.3 is 15.2 Å². The molecule has 3 rings (SSSR count).